The second-order valence-corrected chi connectivity index (χ2v) is 12.7. The van der Waals surface area contributed by atoms with Crippen molar-refractivity contribution in [2.45, 2.75) is 213 Å². The van der Waals surface area contributed by atoms with E-state index in [9.17, 15) is 4.79 Å². The van der Waals surface area contributed by atoms with Crippen LogP contribution in [0.5, 0.6) is 0 Å². The number of carbonyl (C=O) groups excluding carboxylic acids is 1. The van der Waals surface area contributed by atoms with Crippen LogP contribution >= 0.6 is 0 Å². The summed E-state index contributed by atoms with van der Waals surface area (Å²) in [4.78, 5) is 12.5. The van der Waals surface area contributed by atoms with Gasteiger partial charge in [0.2, 0.25) is 0 Å². The molecule has 0 aliphatic rings. The third-order valence-electron chi connectivity index (χ3n) is 8.84. The van der Waals surface area contributed by atoms with Crippen LogP contribution in [0.2, 0.25) is 0 Å². The Balaban J connectivity index is 0. The summed E-state index contributed by atoms with van der Waals surface area (Å²) in [5.74, 6) is 0.0156. The van der Waals surface area contributed by atoms with Crippen LogP contribution in [0.15, 0.2) is 0 Å². The summed E-state index contributed by atoms with van der Waals surface area (Å²) in [6.07, 6.45) is 40.6. The van der Waals surface area contributed by atoms with Crippen molar-refractivity contribution in [1.82, 2.24) is 6.15 Å². The van der Waals surface area contributed by atoms with Crippen LogP contribution in [0.4, 0.5) is 0 Å². The van der Waals surface area contributed by atoms with Gasteiger partial charge in [-0.3, -0.25) is 4.79 Å². The minimum Gasteiger partial charge on any atom is -0.469 e. The first-order valence-corrected chi connectivity index (χ1v) is 17.7. The van der Waals surface area contributed by atoms with Gasteiger partial charge in [-0.15, -0.1) is 0 Å². The maximum Gasteiger partial charge on any atom is 0.311 e. The molecule has 0 rings (SSSR count). The molecule has 0 aromatic heterocycles. The van der Waals surface area contributed by atoms with Gasteiger partial charge in [-0.05, 0) is 19.8 Å². The largest absolute Gasteiger partial charge is 0.469 e. The Hall–Kier alpha value is -0.570. The molecule has 0 unspecified atom stereocenters. The number of hydrogen-bond acceptors (Lipinski definition) is 3. The normalized spacial score (nSPS) is 11.5. The first kappa shape index (κ1) is 40.6. The van der Waals surface area contributed by atoms with Crippen LogP contribution in [0, 0.1) is 5.41 Å². The molecule has 3 heteroatoms. The minimum atomic E-state index is -0.275. The van der Waals surface area contributed by atoms with Gasteiger partial charge in [0.15, 0.2) is 0 Å². The van der Waals surface area contributed by atoms with Crippen molar-refractivity contribution in [3.05, 3.63) is 0 Å². The number of esters is 1. The molecule has 0 heterocycles. The molecular weight excluding hydrogens is 478 g/mol. The van der Waals surface area contributed by atoms with E-state index in [2.05, 4.69) is 20.8 Å². The van der Waals surface area contributed by atoms with E-state index in [4.69, 9.17) is 4.74 Å². The molecule has 0 radical (unpaired) electrons. The number of ether oxygens (including phenoxy) is 1. The van der Waals surface area contributed by atoms with Gasteiger partial charge in [0.05, 0.1) is 12.5 Å². The number of hydrogen-bond donors (Lipinski definition) is 1. The van der Waals surface area contributed by atoms with Gasteiger partial charge in [0, 0.05) is 0 Å². The van der Waals surface area contributed by atoms with Crippen LogP contribution in [0.1, 0.15) is 213 Å². The van der Waals surface area contributed by atoms with Crippen LogP contribution in [-0.4, -0.2) is 13.1 Å². The maximum absolute atomic E-state index is 12.5. The third-order valence-corrected chi connectivity index (χ3v) is 8.84. The lowest BCUT2D eigenvalue weighted by atomic mass is 9.79. The van der Waals surface area contributed by atoms with Crippen molar-refractivity contribution < 1.29 is 9.53 Å². The number of unbranched alkanes of at least 4 members (excludes halogenated alkanes) is 26. The minimum absolute atomic E-state index is 0. The first-order chi connectivity index (χ1) is 18.6. The van der Waals surface area contributed by atoms with Crippen molar-refractivity contribution in [3.8, 4) is 0 Å². The van der Waals surface area contributed by atoms with Gasteiger partial charge < -0.3 is 10.9 Å². The van der Waals surface area contributed by atoms with Gasteiger partial charge in [-0.1, -0.05) is 194 Å². The van der Waals surface area contributed by atoms with Gasteiger partial charge in [-0.2, -0.15) is 0 Å². The fourth-order valence-corrected chi connectivity index (χ4v) is 5.99. The zero-order valence-corrected chi connectivity index (χ0v) is 27.7. The molecule has 3 N–H and O–H groups in total. The molecule has 236 valence electrons. The van der Waals surface area contributed by atoms with Crippen molar-refractivity contribution in [1.29, 1.82) is 0 Å². The summed E-state index contributed by atoms with van der Waals surface area (Å²) in [7, 11) is 1.57. The summed E-state index contributed by atoms with van der Waals surface area (Å²) in [6.45, 7) is 6.74. The van der Waals surface area contributed by atoms with E-state index in [1.54, 1.807) is 7.11 Å². The molecule has 0 saturated carbocycles. The molecule has 0 bridgehead atoms. The number of methoxy groups -OCH3 is 1. The van der Waals surface area contributed by atoms with E-state index in [0.717, 1.165) is 12.8 Å². The Kier molecular flexibility index (Phi) is 33.2. The van der Waals surface area contributed by atoms with Gasteiger partial charge in [-0.25, -0.2) is 0 Å². The lowest BCUT2D eigenvalue weighted by Gasteiger charge is -2.26. The lowest BCUT2D eigenvalue weighted by Crippen LogP contribution is -2.29. The Morgan fingerprint density at radius 1 is 0.436 bits per heavy atom. The van der Waals surface area contributed by atoms with Gasteiger partial charge in [0.25, 0.3) is 0 Å². The van der Waals surface area contributed by atoms with Crippen molar-refractivity contribution in [2.75, 3.05) is 7.11 Å². The molecule has 0 saturated heterocycles. The molecule has 0 fully saturated rings. The predicted molar refractivity (Wildman–Crippen MR) is 175 cm³/mol. The maximum atomic E-state index is 12.5. The summed E-state index contributed by atoms with van der Waals surface area (Å²) < 4.78 is 5.22. The zero-order valence-electron chi connectivity index (χ0n) is 27.7. The molecule has 39 heavy (non-hydrogen) atoms. The Morgan fingerprint density at radius 3 is 0.846 bits per heavy atom. The summed E-state index contributed by atoms with van der Waals surface area (Å²) in [6, 6.07) is 0. The fraction of sp³-hybridized carbons (Fsp3) is 0.972. The Labute approximate surface area is 247 Å². The molecule has 0 aromatic carbocycles. The molecule has 3 nitrogen and oxygen atoms in total. The summed E-state index contributed by atoms with van der Waals surface area (Å²) in [5, 5.41) is 0. The molecule has 0 atom stereocenters. The highest BCUT2D eigenvalue weighted by atomic mass is 16.5. The average Bonchev–Trinajstić information content (AvgIpc) is 2.93. The van der Waals surface area contributed by atoms with E-state index in [1.807, 2.05) is 0 Å². The van der Waals surface area contributed by atoms with Crippen molar-refractivity contribution in [2.24, 2.45) is 5.41 Å². The van der Waals surface area contributed by atoms with Crippen molar-refractivity contribution in [3.63, 3.8) is 0 Å². The topological polar surface area (TPSA) is 61.3 Å². The van der Waals surface area contributed by atoms with E-state index in [0.29, 0.717) is 0 Å². The third kappa shape index (κ3) is 27.4. The van der Waals surface area contributed by atoms with Gasteiger partial charge >= 0.3 is 5.97 Å². The first-order valence-electron chi connectivity index (χ1n) is 17.7. The quantitative estimate of drug-likeness (QED) is 0.0685. The van der Waals surface area contributed by atoms with Crippen LogP contribution in [0.3, 0.4) is 0 Å². The highest BCUT2D eigenvalue weighted by Gasteiger charge is 2.33. The number of carbonyl (C=O) groups is 1. The van der Waals surface area contributed by atoms with Crippen LogP contribution in [-0.2, 0) is 9.53 Å². The van der Waals surface area contributed by atoms with E-state index < -0.39 is 0 Å². The average molecular weight is 554 g/mol. The highest BCUT2D eigenvalue weighted by Crippen LogP contribution is 2.33. The highest BCUT2D eigenvalue weighted by molar-refractivity contribution is 5.76. The van der Waals surface area contributed by atoms with E-state index in [1.165, 1.54) is 180 Å². The number of rotatable bonds is 31. The standard InChI is InChI=1S/C36H72O2.H3N/c1-5-7-9-11-13-15-17-19-21-23-25-27-29-31-33-36(3,35(37)38-4)34-32-30-28-26-24-22-20-18-16-14-12-10-8-6-2;/h5-34H2,1-4H3;1H3. The molecule has 0 amide bonds. The molecule has 0 aliphatic heterocycles. The Morgan fingerprint density at radius 2 is 0.641 bits per heavy atom. The second kappa shape index (κ2) is 32.0. The second-order valence-electron chi connectivity index (χ2n) is 12.7. The molecule has 0 aliphatic carbocycles. The van der Waals surface area contributed by atoms with E-state index >= 15 is 0 Å². The predicted octanol–water partition coefficient (Wildman–Crippen LogP) is 13.1. The SMILES string of the molecule is CCCCCCCCCCCCCCCCC(C)(CCCCCCCCCCCCCCCC)C(=O)OC.N. The smallest absolute Gasteiger partial charge is 0.311 e. The van der Waals surface area contributed by atoms with Crippen molar-refractivity contribution >= 4 is 5.97 Å². The van der Waals surface area contributed by atoms with E-state index in [-0.39, 0.29) is 17.5 Å². The monoisotopic (exact) mass is 554 g/mol. The van der Waals surface area contributed by atoms with Gasteiger partial charge in [0.1, 0.15) is 0 Å². The summed E-state index contributed by atoms with van der Waals surface area (Å²) >= 11 is 0. The Bertz CT molecular complexity index is 447. The molecular formula is C36H75NO2. The lowest BCUT2D eigenvalue weighted by molar-refractivity contribution is -0.152. The zero-order chi connectivity index (χ0) is 28.0. The summed E-state index contributed by atoms with van der Waals surface area (Å²) in [5.41, 5.74) is -0.275. The van der Waals surface area contributed by atoms with Crippen LogP contribution < -0.4 is 6.15 Å². The molecule has 0 spiro atoms. The van der Waals surface area contributed by atoms with Crippen LogP contribution in [0.25, 0.3) is 0 Å². The fourth-order valence-electron chi connectivity index (χ4n) is 5.99. The molecule has 0 aromatic rings.